The molecular formula is C17H19N3O. The Morgan fingerprint density at radius 3 is 3.05 bits per heavy atom. The van der Waals surface area contributed by atoms with E-state index in [0.29, 0.717) is 24.1 Å². The molecule has 0 N–H and O–H groups in total. The highest BCUT2D eigenvalue weighted by atomic mass is 16.5. The number of nitriles is 1. The van der Waals surface area contributed by atoms with Crippen LogP contribution in [-0.4, -0.2) is 36.1 Å². The van der Waals surface area contributed by atoms with Crippen molar-refractivity contribution in [2.24, 2.45) is 0 Å². The van der Waals surface area contributed by atoms with Gasteiger partial charge in [0.05, 0.1) is 11.1 Å². The Labute approximate surface area is 125 Å². The van der Waals surface area contributed by atoms with Gasteiger partial charge in [-0.25, -0.2) is 4.98 Å². The molecule has 1 aromatic carbocycles. The largest absolute Gasteiger partial charge is 0.476 e. The first-order valence-electron chi connectivity index (χ1n) is 7.41. The van der Waals surface area contributed by atoms with Crippen molar-refractivity contribution in [3.05, 3.63) is 35.9 Å². The van der Waals surface area contributed by atoms with Crippen molar-refractivity contribution in [1.82, 2.24) is 9.88 Å². The van der Waals surface area contributed by atoms with Crippen LogP contribution in [0.25, 0.3) is 10.9 Å². The number of likely N-dealkylation sites (N-methyl/N-ethyl adjacent to an activating group) is 1. The van der Waals surface area contributed by atoms with Crippen LogP contribution >= 0.6 is 0 Å². The Morgan fingerprint density at radius 2 is 2.24 bits per heavy atom. The Morgan fingerprint density at radius 1 is 1.38 bits per heavy atom. The van der Waals surface area contributed by atoms with Crippen LogP contribution in [0.5, 0.6) is 5.88 Å². The normalized spacial score (nSPS) is 19.3. The average molecular weight is 281 g/mol. The van der Waals surface area contributed by atoms with Gasteiger partial charge in [0.15, 0.2) is 0 Å². The lowest BCUT2D eigenvalue weighted by Crippen LogP contribution is -2.40. The molecule has 2 heterocycles. The van der Waals surface area contributed by atoms with E-state index < -0.39 is 0 Å². The average Bonchev–Trinajstić information content (AvgIpc) is 2.53. The molecule has 1 fully saturated rings. The molecule has 3 rings (SSSR count). The molecule has 0 bridgehead atoms. The number of aromatic nitrogens is 1. The number of fused-ring (bicyclic) bond motifs is 1. The van der Waals surface area contributed by atoms with E-state index in [1.807, 2.05) is 24.3 Å². The zero-order valence-corrected chi connectivity index (χ0v) is 12.2. The summed E-state index contributed by atoms with van der Waals surface area (Å²) < 4.78 is 5.86. The molecule has 1 unspecified atom stereocenters. The number of piperidine rings is 1. The fourth-order valence-electron chi connectivity index (χ4n) is 2.85. The molecule has 0 saturated carbocycles. The first-order valence-corrected chi connectivity index (χ1v) is 7.41. The van der Waals surface area contributed by atoms with Crippen LogP contribution in [0.2, 0.25) is 0 Å². The lowest BCUT2D eigenvalue weighted by Gasteiger charge is -2.31. The van der Waals surface area contributed by atoms with E-state index in [0.717, 1.165) is 23.9 Å². The van der Waals surface area contributed by atoms with Crippen molar-refractivity contribution in [2.45, 2.75) is 25.3 Å². The third kappa shape index (κ3) is 2.98. The molecule has 4 nitrogen and oxygen atoms in total. The maximum absolute atomic E-state index is 9.28. The molecule has 1 aromatic heterocycles. The molecule has 4 heteroatoms. The maximum atomic E-state index is 9.28. The van der Waals surface area contributed by atoms with Crippen molar-refractivity contribution in [3.8, 4) is 11.9 Å². The second-order valence-corrected chi connectivity index (χ2v) is 5.58. The van der Waals surface area contributed by atoms with Gasteiger partial charge in [-0.1, -0.05) is 24.6 Å². The van der Waals surface area contributed by atoms with E-state index in [1.54, 1.807) is 6.07 Å². The van der Waals surface area contributed by atoms with E-state index in [1.165, 1.54) is 12.8 Å². The van der Waals surface area contributed by atoms with Gasteiger partial charge in [0, 0.05) is 17.5 Å². The fraction of sp³-hybridized carbons (Fsp3) is 0.412. The second kappa shape index (κ2) is 6.11. The first-order chi connectivity index (χ1) is 10.3. The highest BCUT2D eigenvalue weighted by molar-refractivity contribution is 5.85. The molecule has 1 atom stereocenters. The van der Waals surface area contributed by atoms with Crippen LogP contribution in [0, 0.1) is 11.3 Å². The predicted octanol–water partition coefficient (Wildman–Crippen LogP) is 2.97. The molecule has 21 heavy (non-hydrogen) atoms. The molecule has 1 saturated heterocycles. The Hall–Kier alpha value is -2.12. The third-order valence-corrected chi connectivity index (χ3v) is 4.16. The highest BCUT2D eigenvalue weighted by Gasteiger charge is 2.19. The summed E-state index contributed by atoms with van der Waals surface area (Å²) in [5.41, 5.74) is 1.43. The smallest absolute Gasteiger partial charge is 0.215 e. The first kappa shape index (κ1) is 13.8. The van der Waals surface area contributed by atoms with E-state index >= 15 is 0 Å². The minimum atomic E-state index is 0.442. The van der Waals surface area contributed by atoms with E-state index in [-0.39, 0.29) is 0 Å². The van der Waals surface area contributed by atoms with Gasteiger partial charge in [-0.05, 0) is 32.5 Å². The molecule has 0 radical (unpaired) electrons. The number of hydrogen-bond donors (Lipinski definition) is 0. The van der Waals surface area contributed by atoms with Gasteiger partial charge in [-0.15, -0.1) is 0 Å². The molecule has 1 aliphatic rings. The standard InChI is InChI=1S/C17H19N3O/c1-20-9-5-4-6-14(20)12-21-17-10-13(11-18)15-7-2-3-8-16(15)19-17/h2-3,7-8,10,14H,4-6,9,12H2,1H3. The third-order valence-electron chi connectivity index (χ3n) is 4.16. The second-order valence-electron chi connectivity index (χ2n) is 5.58. The zero-order valence-electron chi connectivity index (χ0n) is 12.2. The summed E-state index contributed by atoms with van der Waals surface area (Å²) in [5, 5.41) is 10.2. The minimum absolute atomic E-state index is 0.442. The van der Waals surface area contributed by atoms with E-state index in [2.05, 4.69) is 23.0 Å². The van der Waals surface area contributed by atoms with E-state index in [9.17, 15) is 5.26 Å². The lowest BCUT2D eigenvalue weighted by atomic mass is 10.0. The van der Waals surface area contributed by atoms with Gasteiger partial charge in [-0.2, -0.15) is 5.26 Å². The van der Waals surface area contributed by atoms with Crippen LogP contribution in [0.4, 0.5) is 0 Å². The topological polar surface area (TPSA) is 49.1 Å². The van der Waals surface area contributed by atoms with Crippen LogP contribution in [0.3, 0.4) is 0 Å². The number of ether oxygens (including phenoxy) is 1. The van der Waals surface area contributed by atoms with Crippen molar-refractivity contribution < 1.29 is 4.74 Å². The molecular weight excluding hydrogens is 262 g/mol. The van der Waals surface area contributed by atoms with Crippen LogP contribution in [-0.2, 0) is 0 Å². The number of pyridine rings is 1. The summed E-state index contributed by atoms with van der Waals surface area (Å²) in [6.45, 7) is 1.76. The Bertz CT molecular complexity index is 677. The minimum Gasteiger partial charge on any atom is -0.476 e. The quantitative estimate of drug-likeness (QED) is 0.868. The summed E-state index contributed by atoms with van der Waals surface area (Å²) in [6.07, 6.45) is 3.68. The van der Waals surface area contributed by atoms with Crippen LogP contribution in [0.1, 0.15) is 24.8 Å². The molecule has 0 aliphatic carbocycles. The number of likely N-dealkylation sites (tertiary alicyclic amines) is 1. The molecule has 0 amide bonds. The molecule has 1 aliphatic heterocycles. The van der Waals surface area contributed by atoms with Gasteiger partial charge in [0.2, 0.25) is 5.88 Å². The Balaban J connectivity index is 1.79. The monoisotopic (exact) mass is 281 g/mol. The number of rotatable bonds is 3. The maximum Gasteiger partial charge on any atom is 0.215 e. The van der Waals surface area contributed by atoms with Crippen molar-refractivity contribution in [3.63, 3.8) is 0 Å². The van der Waals surface area contributed by atoms with Gasteiger partial charge >= 0.3 is 0 Å². The van der Waals surface area contributed by atoms with Crippen LogP contribution in [0.15, 0.2) is 30.3 Å². The zero-order chi connectivity index (χ0) is 14.7. The van der Waals surface area contributed by atoms with Crippen molar-refractivity contribution in [2.75, 3.05) is 20.2 Å². The number of nitrogens with zero attached hydrogens (tertiary/aromatic N) is 3. The summed E-state index contributed by atoms with van der Waals surface area (Å²) in [7, 11) is 2.14. The van der Waals surface area contributed by atoms with Crippen molar-refractivity contribution in [1.29, 1.82) is 5.26 Å². The lowest BCUT2D eigenvalue weighted by molar-refractivity contribution is 0.123. The summed E-state index contributed by atoms with van der Waals surface area (Å²) in [4.78, 5) is 6.84. The summed E-state index contributed by atoms with van der Waals surface area (Å²) in [5.74, 6) is 0.546. The molecule has 108 valence electrons. The summed E-state index contributed by atoms with van der Waals surface area (Å²) >= 11 is 0. The number of para-hydroxylation sites is 1. The fourth-order valence-corrected chi connectivity index (χ4v) is 2.85. The summed E-state index contributed by atoms with van der Waals surface area (Å²) in [6, 6.07) is 12.1. The highest BCUT2D eigenvalue weighted by Crippen LogP contribution is 2.22. The van der Waals surface area contributed by atoms with Gasteiger partial charge in [0.1, 0.15) is 12.7 Å². The molecule has 0 spiro atoms. The van der Waals surface area contributed by atoms with Gasteiger partial charge < -0.3 is 9.64 Å². The van der Waals surface area contributed by atoms with Gasteiger partial charge in [-0.3, -0.25) is 0 Å². The number of hydrogen-bond acceptors (Lipinski definition) is 4. The van der Waals surface area contributed by atoms with Gasteiger partial charge in [0.25, 0.3) is 0 Å². The van der Waals surface area contributed by atoms with Crippen molar-refractivity contribution >= 4 is 10.9 Å². The SMILES string of the molecule is CN1CCCCC1COc1cc(C#N)c2ccccc2n1. The Kier molecular flexibility index (Phi) is 4.03. The van der Waals surface area contributed by atoms with Crippen LogP contribution < -0.4 is 4.74 Å². The van der Waals surface area contributed by atoms with E-state index in [4.69, 9.17) is 4.74 Å². The predicted molar refractivity (Wildman–Crippen MR) is 82.2 cm³/mol. The number of benzene rings is 1. The molecule has 2 aromatic rings.